The summed E-state index contributed by atoms with van der Waals surface area (Å²) in [5.41, 5.74) is 1.21. The fourth-order valence-corrected chi connectivity index (χ4v) is 2.58. The van der Waals surface area contributed by atoms with Crippen LogP contribution in [0.5, 0.6) is 0 Å². The molecule has 0 aromatic heterocycles. The highest BCUT2D eigenvalue weighted by Gasteiger charge is 2.25. The third-order valence-electron chi connectivity index (χ3n) is 3.42. The molecule has 1 aliphatic rings. The molecule has 0 spiro atoms. The molecule has 1 aliphatic heterocycles. The average Bonchev–Trinajstić information content (AvgIpc) is 2.40. The van der Waals surface area contributed by atoms with Crippen molar-refractivity contribution in [1.29, 1.82) is 0 Å². The van der Waals surface area contributed by atoms with Crippen molar-refractivity contribution >= 4 is 11.7 Å². The number of benzene rings is 1. The second-order valence-corrected chi connectivity index (χ2v) is 4.69. The van der Waals surface area contributed by atoms with E-state index in [1.54, 1.807) is 0 Å². The van der Waals surface area contributed by atoms with Crippen LogP contribution in [0.2, 0.25) is 0 Å². The van der Waals surface area contributed by atoms with E-state index in [1.165, 1.54) is 18.5 Å². The molecule has 18 heavy (non-hydrogen) atoms. The summed E-state index contributed by atoms with van der Waals surface area (Å²) in [6.45, 7) is 3.36. The van der Waals surface area contributed by atoms with Crippen molar-refractivity contribution in [2.75, 3.05) is 18.1 Å². The second-order valence-electron chi connectivity index (χ2n) is 4.69. The van der Waals surface area contributed by atoms with E-state index in [0.717, 1.165) is 13.0 Å². The Morgan fingerprint density at radius 2 is 2.11 bits per heavy atom. The van der Waals surface area contributed by atoms with E-state index in [2.05, 4.69) is 17.0 Å². The van der Waals surface area contributed by atoms with Gasteiger partial charge in [0, 0.05) is 18.3 Å². The standard InChI is InChI=1S/C15H21NO2/c1-2-18-15(17)12-14-10-6-7-11-16(14)13-8-4-3-5-9-13/h3-5,8-9,14H,2,6-7,10-12H2,1H3. The Morgan fingerprint density at radius 1 is 1.33 bits per heavy atom. The molecule has 1 aromatic rings. The van der Waals surface area contributed by atoms with Gasteiger partial charge in [-0.05, 0) is 38.3 Å². The first-order valence-electron chi connectivity index (χ1n) is 6.78. The molecule has 1 fully saturated rings. The summed E-state index contributed by atoms with van der Waals surface area (Å²) in [4.78, 5) is 14.0. The van der Waals surface area contributed by atoms with Gasteiger partial charge in [0.15, 0.2) is 0 Å². The van der Waals surface area contributed by atoms with Crippen LogP contribution in [0.1, 0.15) is 32.6 Å². The van der Waals surface area contributed by atoms with Crippen LogP contribution >= 0.6 is 0 Å². The lowest BCUT2D eigenvalue weighted by atomic mass is 9.98. The van der Waals surface area contributed by atoms with Crippen LogP contribution in [-0.4, -0.2) is 25.2 Å². The van der Waals surface area contributed by atoms with Crippen LogP contribution in [0.3, 0.4) is 0 Å². The summed E-state index contributed by atoms with van der Waals surface area (Å²) in [7, 11) is 0. The summed E-state index contributed by atoms with van der Waals surface area (Å²) >= 11 is 0. The summed E-state index contributed by atoms with van der Waals surface area (Å²) in [6.07, 6.45) is 3.98. The van der Waals surface area contributed by atoms with E-state index >= 15 is 0 Å². The monoisotopic (exact) mass is 247 g/mol. The smallest absolute Gasteiger partial charge is 0.307 e. The molecule has 98 valence electrons. The first-order valence-corrected chi connectivity index (χ1v) is 6.78. The van der Waals surface area contributed by atoms with Crippen LogP contribution < -0.4 is 4.90 Å². The molecular weight excluding hydrogens is 226 g/mol. The molecule has 0 N–H and O–H groups in total. The van der Waals surface area contributed by atoms with Gasteiger partial charge in [0.25, 0.3) is 0 Å². The van der Waals surface area contributed by atoms with Crippen molar-refractivity contribution in [3.05, 3.63) is 30.3 Å². The molecule has 3 heteroatoms. The highest BCUT2D eigenvalue weighted by molar-refractivity contribution is 5.71. The molecule has 0 amide bonds. The molecule has 0 aliphatic carbocycles. The fourth-order valence-electron chi connectivity index (χ4n) is 2.58. The lowest BCUT2D eigenvalue weighted by Crippen LogP contribution is -2.41. The minimum absolute atomic E-state index is 0.0784. The first kappa shape index (κ1) is 12.9. The van der Waals surface area contributed by atoms with Crippen LogP contribution in [0, 0.1) is 0 Å². The summed E-state index contributed by atoms with van der Waals surface area (Å²) in [6, 6.07) is 10.6. The number of carbonyl (C=O) groups is 1. The van der Waals surface area contributed by atoms with E-state index in [0.29, 0.717) is 19.1 Å². The Bertz CT molecular complexity index is 377. The number of nitrogens with zero attached hydrogens (tertiary/aromatic N) is 1. The molecule has 1 unspecified atom stereocenters. The summed E-state index contributed by atoms with van der Waals surface area (Å²) in [5.74, 6) is -0.0784. The van der Waals surface area contributed by atoms with Crippen LogP contribution in [0.25, 0.3) is 0 Å². The van der Waals surface area contributed by atoms with Gasteiger partial charge in [-0.3, -0.25) is 4.79 Å². The van der Waals surface area contributed by atoms with Crippen molar-refractivity contribution < 1.29 is 9.53 Å². The van der Waals surface area contributed by atoms with E-state index in [9.17, 15) is 4.79 Å². The van der Waals surface area contributed by atoms with Crippen LogP contribution in [0.4, 0.5) is 5.69 Å². The quantitative estimate of drug-likeness (QED) is 0.766. The van der Waals surface area contributed by atoms with Gasteiger partial charge in [-0.1, -0.05) is 18.2 Å². The highest BCUT2D eigenvalue weighted by Crippen LogP contribution is 2.26. The third kappa shape index (κ3) is 3.25. The summed E-state index contributed by atoms with van der Waals surface area (Å²) in [5, 5.41) is 0. The van der Waals surface area contributed by atoms with Gasteiger partial charge in [-0.15, -0.1) is 0 Å². The molecule has 0 saturated carbocycles. The topological polar surface area (TPSA) is 29.5 Å². The lowest BCUT2D eigenvalue weighted by molar-refractivity contribution is -0.143. The van der Waals surface area contributed by atoms with E-state index in [4.69, 9.17) is 4.74 Å². The molecule has 0 radical (unpaired) electrons. The van der Waals surface area contributed by atoms with Gasteiger partial charge >= 0.3 is 5.97 Å². The van der Waals surface area contributed by atoms with Gasteiger partial charge < -0.3 is 9.64 Å². The highest BCUT2D eigenvalue weighted by atomic mass is 16.5. The Balaban J connectivity index is 2.04. The Kier molecular flexibility index (Phi) is 4.62. The minimum atomic E-state index is -0.0784. The summed E-state index contributed by atoms with van der Waals surface area (Å²) < 4.78 is 5.06. The maximum atomic E-state index is 11.6. The Labute approximate surface area is 109 Å². The molecular formula is C15H21NO2. The number of hydrogen-bond donors (Lipinski definition) is 0. The number of ether oxygens (including phenoxy) is 1. The van der Waals surface area contributed by atoms with Crippen molar-refractivity contribution in [3.63, 3.8) is 0 Å². The predicted molar refractivity (Wildman–Crippen MR) is 72.7 cm³/mol. The van der Waals surface area contributed by atoms with Gasteiger partial charge in [-0.25, -0.2) is 0 Å². The molecule has 0 bridgehead atoms. The molecule has 2 rings (SSSR count). The van der Waals surface area contributed by atoms with Crippen LogP contribution in [0.15, 0.2) is 30.3 Å². The van der Waals surface area contributed by atoms with Crippen molar-refractivity contribution in [2.24, 2.45) is 0 Å². The van der Waals surface area contributed by atoms with Gasteiger partial charge in [0.2, 0.25) is 0 Å². The number of anilines is 1. The molecule has 1 saturated heterocycles. The molecule has 1 heterocycles. The van der Waals surface area contributed by atoms with E-state index in [-0.39, 0.29) is 5.97 Å². The Hall–Kier alpha value is -1.51. The number of para-hydroxylation sites is 1. The average molecular weight is 247 g/mol. The maximum absolute atomic E-state index is 11.6. The number of hydrogen-bond acceptors (Lipinski definition) is 3. The van der Waals surface area contributed by atoms with Crippen molar-refractivity contribution in [2.45, 2.75) is 38.6 Å². The molecule has 1 atom stereocenters. The normalized spacial score (nSPS) is 19.6. The SMILES string of the molecule is CCOC(=O)CC1CCCCN1c1ccccc1. The zero-order valence-electron chi connectivity index (χ0n) is 11.0. The number of rotatable bonds is 4. The molecule has 3 nitrogen and oxygen atoms in total. The predicted octanol–water partition coefficient (Wildman–Crippen LogP) is 3.00. The van der Waals surface area contributed by atoms with Gasteiger partial charge in [0.1, 0.15) is 0 Å². The largest absolute Gasteiger partial charge is 0.466 e. The van der Waals surface area contributed by atoms with Crippen molar-refractivity contribution in [3.8, 4) is 0 Å². The number of esters is 1. The van der Waals surface area contributed by atoms with E-state index < -0.39 is 0 Å². The fraction of sp³-hybridized carbons (Fsp3) is 0.533. The first-order chi connectivity index (χ1) is 8.81. The molecule has 1 aromatic carbocycles. The maximum Gasteiger partial charge on any atom is 0.307 e. The second kappa shape index (κ2) is 6.43. The number of carbonyl (C=O) groups excluding carboxylic acids is 1. The zero-order valence-corrected chi connectivity index (χ0v) is 11.0. The van der Waals surface area contributed by atoms with Crippen LogP contribution in [-0.2, 0) is 9.53 Å². The minimum Gasteiger partial charge on any atom is -0.466 e. The van der Waals surface area contributed by atoms with Crippen molar-refractivity contribution in [1.82, 2.24) is 0 Å². The Morgan fingerprint density at radius 3 is 2.83 bits per heavy atom. The van der Waals surface area contributed by atoms with Gasteiger partial charge in [-0.2, -0.15) is 0 Å². The lowest BCUT2D eigenvalue weighted by Gasteiger charge is -2.37. The zero-order chi connectivity index (χ0) is 12.8. The van der Waals surface area contributed by atoms with E-state index in [1.807, 2.05) is 25.1 Å². The van der Waals surface area contributed by atoms with Gasteiger partial charge in [0.05, 0.1) is 13.0 Å². The third-order valence-corrected chi connectivity index (χ3v) is 3.42. The number of piperidine rings is 1.